The van der Waals surface area contributed by atoms with E-state index in [4.69, 9.17) is 4.74 Å². The van der Waals surface area contributed by atoms with Crippen LogP contribution in [0.25, 0.3) is 0 Å². The molecular formula is C24H32N2O2. The summed E-state index contributed by atoms with van der Waals surface area (Å²) in [6.07, 6.45) is 4.50. The van der Waals surface area contributed by atoms with Crippen LogP contribution in [0.2, 0.25) is 0 Å². The van der Waals surface area contributed by atoms with Gasteiger partial charge in [-0.05, 0) is 75.0 Å². The first-order valence-electron chi connectivity index (χ1n) is 10.3. The highest BCUT2D eigenvalue weighted by Gasteiger charge is 2.26. The number of nitrogens with zero attached hydrogens (tertiary/aromatic N) is 2. The molecule has 0 saturated carbocycles. The van der Waals surface area contributed by atoms with E-state index in [1.54, 1.807) is 7.11 Å². The number of rotatable bonds is 7. The van der Waals surface area contributed by atoms with Crippen LogP contribution in [-0.2, 0) is 6.42 Å². The first-order valence-corrected chi connectivity index (χ1v) is 10.3. The quantitative estimate of drug-likeness (QED) is 0.723. The molecule has 1 fully saturated rings. The molecule has 150 valence electrons. The van der Waals surface area contributed by atoms with Crippen molar-refractivity contribution in [2.45, 2.75) is 38.6 Å². The maximum absolute atomic E-state index is 13.0. The van der Waals surface area contributed by atoms with Crippen LogP contribution in [0.3, 0.4) is 0 Å². The first kappa shape index (κ1) is 20.4. The largest absolute Gasteiger partial charge is 0.496 e. The van der Waals surface area contributed by atoms with E-state index < -0.39 is 0 Å². The summed E-state index contributed by atoms with van der Waals surface area (Å²) < 4.78 is 5.31. The Kier molecular flexibility index (Phi) is 7.10. The molecule has 0 N–H and O–H groups in total. The lowest BCUT2D eigenvalue weighted by atomic mass is 10.0. The minimum absolute atomic E-state index is 0.0990. The van der Waals surface area contributed by atoms with E-state index in [-0.39, 0.29) is 11.9 Å². The molecule has 1 amide bonds. The second kappa shape index (κ2) is 9.74. The summed E-state index contributed by atoms with van der Waals surface area (Å²) in [5, 5.41) is 0. The molecule has 0 spiro atoms. The molecule has 1 unspecified atom stereocenters. The Morgan fingerprint density at radius 2 is 2.00 bits per heavy atom. The highest BCUT2D eigenvalue weighted by Crippen LogP contribution is 2.22. The Bertz CT molecular complexity index is 775. The van der Waals surface area contributed by atoms with Crippen molar-refractivity contribution in [3.8, 4) is 5.75 Å². The van der Waals surface area contributed by atoms with Crippen molar-refractivity contribution in [2.75, 3.05) is 33.8 Å². The molecule has 0 bridgehead atoms. The summed E-state index contributed by atoms with van der Waals surface area (Å²) >= 11 is 0. The van der Waals surface area contributed by atoms with Gasteiger partial charge in [0.05, 0.1) is 7.11 Å². The van der Waals surface area contributed by atoms with Crippen LogP contribution in [0.1, 0.15) is 40.7 Å². The maximum atomic E-state index is 13.0. The molecular weight excluding hydrogens is 348 g/mol. The number of carbonyl (C=O) groups is 1. The van der Waals surface area contributed by atoms with Crippen molar-refractivity contribution in [2.24, 2.45) is 0 Å². The number of benzene rings is 2. The molecule has 0 radical (unpaired) electrons. The van der Waals surface area contributed by atoms with Gasteiger partial charge in [-0.15, -0.1) is 0 Å². The number of piperidine rings is 1. The normalized spacial score (nSPS) is 17.3. The average molecular weight is 381 g/mol. The number of hydrogen-bond acceptors (Lipinski definition) is 3. The minimum atomic E-state index is 0.0990. The Balaban J connectivity index is 1.54. The predicted octanol–water partition coefficient (Wildman–Crippen LogP) is 4.17. The number of amides is 1. The van der Waals surface area contributed by atoms with Gasteiger partial charge >= 0.3 is 0 Å². The van der Waals surface area contributed by atoms with E-state index in [1.165, 1.54) is 5.56 Å². The summed E-state index contributed by atoms with van der Waals surface area (Å²) in [4.78, 5) is 17.4. The van der Waals surface area contributed by atoms with Crippen LogP contribution >= 0.6 is 0 Å². The van der Waals surface area contributed by atoms with Crippen molar-refractivity contribution in [3.05, 3.63) is 65.2 Å². The smallest absolute Gasteiger partial charge is 0.253 e. The molecule has 0 aliphatic carbocycles. The summed E-state index contributed by atoms with van der Waals surface area (Å²) in [5.41, 5.74) is 3.13. The maximum Gasteiger partial charge on any atom is 0.253 e. The summed E-state index contributed by atoms with van der Waals surface area (Å²) in [6.45, 7) is 5.17. The number of ether oxygens (including phenoxy) is 1. The van der Waals surface area contributed by atoms with Gasteiger partial charge in [0.1, 0.15) is 5.75 Å². The lowest BCUT2D eigenvalue weighted by molar-refractivity contribution is 0.0617. The molecule has 3 rings (SSSR count). The van der Waals surface area contributed by atoms with Crippen molar-refractivity contribution in [1.29, 1.82) is 0 Å². The molecule has 2 aromatic carbocycles. The van der Waals surface area contributed by atoms with Gasteiger partial charge in [-0.3, -0.25) is 4.79 Å². The zero-order valence-electron chi connectivity index (χ0n) is 17.4. The average Bonchev–Trinajstić information content (AvgIpc) is 2.73. The number of aryl methyl sites for hydroxylation is 2. The van der Waals surface area contributed by atoms with E-state index in [2.05, 4.69) is 35.2 Å². The van der Waals surface area contributed by atoms with Crippen LogP contribution < -0.4 is 4.74 Å². The minimum Gasteiger partial charge on any atom is -0.496 e. The monoisotopic (exact) mass is 380 g/mol. The zero-order chi connectivity index (χ0) is 19.9. The van der Waals surface area contributed by atoms with Crippen LogP contribution in [0.4, 0.5) is 0 Å². The lowest BCUT2D eigenvalue weighted by Gasteiger charge is -2.37. The van der Waals surface area contributed by atoms with Crippen LogP contribution in [0, 0.1) is 6.92 Å². The van der Waals surface area contributed by atoms with Gasteiger partial charge in [0.25, 0.3) is 5.91 Å². The fourth-order valence-electron chi connectivity index (χ4n) is 4.08. The first-order chi connectivity index (χ1) is 13.6. The van der Waals surface area contributed by atoms with E-state index in [0.29, 0.717) is 0 Å². The number of methoxy groups -OCH3 is 1. The zero-order valence-corrected chi connectivity index (χ0v) is 17.4. The number of likely N-dealkylation sites (N-methyl/N-ethyl adjacent to an activating group) is 1. The topological polar surface area (TPSA) is 32.8 Å². The molecule has 0 aromatic heterocycles. The van der Waals surface area contributed by atoms with Gasteiger partial charge in [0.15, 0.2) is 0 Å². The Morgan fingerprint density at radius 3 is 2.71 bits per heavy atom. The highest BCUT2D eigenvalue weighted by molar-refractivity contribution is 5.94. The van der Waals surface area contributed by atoms with Gasteiger partial charge in [0.2, 0.25) is 0 Å². The highest BCUT2D eigenvalue weighted by atomic mass is 16.5. The molecule has 4 nitrogen and oxygen atoms in total. The van der Waals surface area contributed by atoms with Crippen molar-refractivity contribution >= 4 is 5.91 Å². The van der Waals surface area contributed by atoms with Gasteiger partial charge in [-0.2, -0.15) is 0 Å². The fourth-order valence-corrected chi connectivity index (χ4v) is 4.08. The van der Waals surface area contributed by atoms with Crippen molar-refractivity contribution in [1.82, 2.24) is 9.80 Å². The molecule has 1 aliphatic heterocycles. The van der Waals surface area contributed by atoms with Gasteiger partial charge in [-0.25, -0.2) is 0 Å². The summed E-state index contributed by atoms with van der Waals surface area (Å²) in [7, 11) is 3.60. The molecule has 1 atom stereocenters. The molecule has 1 heterocycles. The second-order valence-electron chi connectivity index (χ2n) is 7.79. The molecule has 28 heavy (non-hydrogen) atoms. The van der Waals surface area contributed by atoms with Gasteiger partial charge in [-0.1, -0.05) is 30.3 Å². The van der Waals surface area contributed by atoms with E-state index in [1.807, 2.05) is 37.1 Å². The third kappa shape index (κ3) is 5.14. The molecule has 4 heteroatoms. The number of likely N-dealkylation sites (tertiary alicyclic amines) is 1. The fraction of sp³-hybridized carbons (Fsp3) is 0.458. The Hall–Kier alpha value is -2.33. The number of carbonyl (C=O) groups excluding carboxylic acids is 1. The van der Waals surface area contributed by atoms with Crippen molar-refractivity contribution < 1.29 is 9.53 Å². The Morgan fingerprint density at radius 1 is 1.21 bits per heavy atom. The summed E-state index contributed by atoms with van der Waals surface area (Å²) in [5.74, 6) is 0.920. The molecule has 2 aromatic rings. The van der Waals surface area contributed by atoms with E-state index >= 15 is 0 Å². The van der Waals surface area contributed by atoms with Crippen LogP contribution in [0.15, 0.2) is 48.5 Å². The third-order valence-electron chi connectivity index (χ3n) is 5.77. The third-order valence-corrected chi connectivity index (χ3v) is 5.77. The standard InChI is InChI=1S/C24H32N2O2/c1-19-17-21(13-14-23(19)28-3)24(27)25(2)22-12-8-16-26(18-22)15-7-11-20-9-5-4-6-10-20/h4-6,9-10,13-14,17,22H,7-8,11-12,15-16,18H2,1-3H3. The van der Waals surface area contributed by atoms with Gasteiger partial charge < -0.3 is 14.5 Å². The van der Waals surface area contributed by atoms with E-state index in [9.17, 15) is 4.79 Å². The Labute approximate surface area is 169 Å². The SMILES string of the molecule is COc1ccc(C(=O)N(C)C2CCCN(CCCc3ccccc3)C2)cc1C. The van der Waals surface area contributed by atoms with Crippen LogP contribution in [-0.4, -0.2) is 55.5 Å². The lowest BCUT2D eigenvalue weighted by Crippen LogP contribution is -2.48. The van der Waals surface area contributed by atoms with Crippen molar-refractivity contribution in [3.63, 3.8) is 0 Å². The predicted molar refractivity (Wildman–Crippen MR) is 114 cm³/mol. The summed E-state index contributed by atoms with van der Waals surface area (Å²) in [6, 6.07) is 16.6. The van der Waals surface area contributed by atoms with E-state index in [0.717, 1.165) is 62.2 Å². The molecule has 1 aliphatic rings. The molecule has 1 saturated heterocycles. The van der Waals surface area contributed by atoms with Gasteiger partial charge in [0, 0.05) is 25.2 Å². The number of hydrogen-bond donors (Lipinski definition) is 0. The van der Waals surface area contributed by atoms with Crippen LogP contribution in [0.5, 0.6) is 5.75 Å². The second-order valence-corrected chi connectivity index (χ2v) is 7.79.